The van der Waals surface area contributed by atoms with Crippen molar-refractivity contribution in [1.29, 1.82) is 0 Å². The molecule has 0 saturated carbocycles. The molecule has 1 aromatic carbocycles. The highest BCUT2D eigenvalue weighted by Crippen LogP contribution is 2.02. The van der Waals surface area contributed by atoms with Gasteiger partial charge in [0.15, 0.2) is 0 Å². The van der Waals surface area contributed by atoms with Crippen LogP contribution in [-0.2, 0) is 9.53 Å². The largest absolute Gasteiger partial charge is 0.434 e. The number of esters is 1. The van der Waals surface area contributed by atoms with Gasteiger partial charge in [-0.15, -0.1) is 0 Å². The summed E-state index contributed by atoms with van der Waals surface area (Å²) in [4.78, 5) is 11.1. The van der Waals surface area contributed by atoms with Gasteiger partial charge in [-0.25, -0.2) is 0 Å². The third kappa shape index (κ3) is 5.01. The lowest BCUT2D eigenvalue weighted by Gasteiger charge is -1.97. The second-order valence-corrected chi connectivity index (χ2v) is 3.31. The third-order valence-electron chi connectivity index (χ3n) is 1.99. The van der Waals surface area contributed by atoms with Crippen LogP contribution in [0.3, 0.4) is 0 Å². The molecule has 0 aliphatic rings. The molecule has 0 fully saturated rings. The van der Waals surface area contributed by atoms with Gasteiger partial charge < -0.3 is 4.74 Å². The van der Waals surface area contributed by atoms with Gasteiger partial charge in [0.2, 0.25) is 0 Å². The van der Waals surface area contributed by atoms with Crippen molar-refractivity contribution in [3.63, 3.8) is 0 Å². The van der Waals surface area contributed by atoms with Crippen LogP contribution in [0.1, 0.15) is 31.7 Å². The quantitative estimate of drug-likeness (QED) is 0.543. The van der Waals surface area contributed by atoms with E-state index in [4.69, 9.17) is 4.74 Å². The number of unbranched alkanes of at least 4 members (excludes halogenated alkanes) is 1. The number of hydrogen-bond acceptors (Lipinski definition) is 2. The molecule has 0 bridgehead atoms. The van der Waals surface area contributed by atoms with E-state index in [2.05, 4.69) is 0 Å². The van der Waals surface area contributed by atoms with E-state index >= 15 is 0 Å². The van der Waals surface area contributed by atoms with Gasteiger partial charge in [-0.2, -0.15) is 0 Å². The summed E-state index contributed by atoms with van der Waals surface area (Å²) in [6.45, 7) is 2.05. The Kier molecular flexibility index (Phi) is 5.23. The van der Waals surface area contributed by atoms with Crippen LogP contribution < -0.4 is 0 Å². The van der Waals surface area contributed by atoms with Gasteiger partial charge in [-0.3, -0.25) is 4.79 Å². The Balaban J connectivity index is 2.31. The van der Waals surface area contributed by atoms with E-state index in [0.29, 0.717) is 6.42 Å². The second kappa shape index (κ2) is 6.82. The predicted octanol–water partition coefficient (Wildman–Crippen LogP) is 3.39. The van der Waals surface area contributed by atoms with Crippen molar-refractivity contribution in [2.75, 3.05) is 0 Å². The maximum Gasteiger partial charge on any atom is 0.310 e. The monoisotopic (exact) mass is 204 g/mol. The zero-order chi connectivity index (χ0) is 10.9. The van der Waals surface area contributed by atoms with Crippen LogP contribution in [0.4, 0.5) is 0 Å². The smallest absolute Gasteiger partial charge is 0.310 e. The molecule has 0 radical (unpaired) electrons. The molecular formula is C13H16O2. The summed E-state index contributed by atoms with van der Waals surface area (Å²) in [5.41, 5.74) is 1.03. The Hall–Kier alpha value is -1.57. The minimum Gasteiger partial charge on any atom is -0.434 e. The van der Waals surface area contributed by atoms with Gasteiger partial charge in [0.1, 0.15) is 0 Å². The standard InChI is InChI=1S/C13H16O2/c1-2-3-9-13(14)15-11-10-12-7-5-4-6-8-12/h4-8,10-11H,2-3,9H2,1H3. The first kappa shape index (κ1) is 11.5. The molecule has 0 unspecified atom stereocenters. The van der Waals surface area contributed by atoms with E-state index < -0.39 is 0 Å². The molecule has 0 saturated heterocycles. The molecule has 0 spiro atoms. The molecule has 2 nitrogen and oxygen atoms in total. The van der Waals surface area contributed by atoms with Crippen molar-refractivity contribution in [3.8, 4) is 0 Å². The maximum absolute atomic E-state index is 11.1. The predicted molar refractivity (Wildman–Crippen MR) is 61.1 cm³/mol. The van der Waals surface area contributed by atoms with E-state index in [9.17, 15) is 4.79 Å². The second-order valence-electron chi connectivity index (χ2n) is 3.31. The minimum atomic E-state index is -0.163. The van der Waals surface area contributed by atoms with Crippen LogP contribution in [-0.4, -0.2) is 5.97 Å². The molecule has 1 aromatic rings. The van der Waals surface area contributed by atoms with Gasteiger partial charge in [0.05, 0.1) is 6.26 Å². The Morgan fingerprint density at radius 3 is 2.73 bits per heavy atom. The molecule has 0 aliphatic carbocycles. The van der Waals surface area contributed by atoms with Crippen LogP contribution in [0.2, 0.25) is 0 Å². The Morgan fingerprint density at radius 2 is 2.07 bits per heavy atom. The molecule has 80 valence electrons. The molecule has 0 amide bonds. The summed E-state index contributed by atoms with van der Waals surface area (Å²) in [5.74, 6) is -0.163. The summed E-state index contributed by atoms with van der Waals surface area (Å²) >= 11 is 0. The summed E-state index contributed by atoms with van der Waals surface area (Å²) in [5, 5.41) is 0. The van der Waals surface area contributed by atoms with Crippen LogP contribution in [0, 0.1) is 0 Å². The number of rotatable bonds is 5. The van der Waals surface area contributed by atoms with Crippen molar-refractivity contribution in [3.05, 3.63) is 42.2 Å². The fourth-order valence-corrected chi connectivity index (χ4v) is 1.13. The number of ether oxygens (including phenoxy) is 1. The van der Waals surface area contributed by atoms with Gasteiger partial charge >= 0.3 is 5.97 Å². The van der Waals surface area contributed by atoms with Crippen LogP contribution in [0.5, 0.6) is 0 Å². The highest BCUT2D eigenvalue weighted by atomic mass is 16.5. The number of carbonyl (C=O) groups excluding carboxylic acids is 1. The summed E-state index contributed by atoms with van der Waals surface area (Å²) in [6, 6.07) is 9.74. The fraction of sp³-hybridized carbons (Fsp3) is 0.308. The first-order valence-corrected chi connectivity index (χ1v) is 5.24. The third-order valence-corrected chi connectivity index (χ3v) is 1.99. The normalized spacial score (nSPS) is 10.5. The van der Waals surface area contributed by atoms with Crippen molar-refractivity contribution < 1.29 is 9.53 Å². The molecule has 1 rings (SSSR count). The molecular weight excluding hydrogens is 188 g/mol. The Bertz CT molecular complexity index is 315. The zero-order valence-corrected chi connectivity index (χ0v) is 8.98. The Labute approximate surface area is 90.6 Å². The average Bonchev–Trinajstić information content (AvgIpc) is 2.28. The SMILES string of the molecule is CCCCC(=O)OC=Cc1ccccc1. The molecule has 0 atom stereocenters. The summed E-state index contributed by atoms with van der Waals surface area (Å²) in [6.07, 6.45) is 5.63. The van der Waals surface area contributed by atoms with Crippen molar-refractivity contribution in [2.24, 2.45) is 0 Å². The summed E-state index contributed by atoms with van der Waals surface area (Å²) in [7, 11) is 0. The zero-order valence-electron chi connectivity index (χ0n) is 8.98. The van der Waals surface area contributed by atoms with Gasteiger partial charge in [0, 0.05) is 6.42 Å². The first-order valence-electron chi connectivity index (χ1n) is 5.24. The van der Waals surface area contributed by atoms with Crippen LogP contribution >= 0.6 is 0 Å². The lowest BCUT2D eigenvalue weighted by Crippen LogP contribution is -1.98. The van der Waals surface area contributed by atoms with Crippen LogP contribution in [0.25, 0.3) is 6.08 Å². The summed E-state index contributed by atoms with van der Waals surface area (Å²) < 4.78 is 4.93. The molecule has 0 heterocycles. The highest BCUT2D eigenvalue weighted by Gasteiger charge is 1.97. The molecule has 0 N–H and O–H groups in total. The lowest BCUT2D eigenvalue weighted by molar-refractivity contribution is -0.138. The van der Waals surface area contributed by atoms with Crippen molar-refractivity contribution >= 4 is 12.0 Å². The highest BCUT2D eigenvalue weighted by molar-refractivity contribution is 5.70. The first-order chi connectivity index (χ1) is 7.33. The van der Waals surface area contributed by atoms with Gasteiger partial charge in [-0.1, -0.05) is 43.7 Å². The lowest BCUT2D eigenvalue weighted by atomic mass is 10.2. The topological polar surface area (TPSA) is 26.3 Å². The van der Waals surface area contributed by atoms with E-state index in [1.165, 1.54) is 6.26 Å². The van der Waals surface area contributed by atoms with Crippen molar-refractivity contribution in [2.45, 2.75) is 26.2 Å². The van der Waals surface area contributed by atoms with E-state index in [1.54, 1.807) is 6.08 Å². The van der Waals surface area contributed by atoms with Gasteiger partial charge in [0.25, 0.3) is 0 Å². The van der Waals surface area contributed by atoms with Gasteiger partial charge in [-0.05, 0) is 18.1 Å². The number of benzene rings is 1. The number of carbonyl (C=O) groups is 1. The fourth-order valence-electron chi connectivity index (χ4n) is 1.13. The van der Waals surface area contributed by atoms with E-state index in [-0.39, 0.29) is 5.97 Å². The Morgan fingerprint density at radius 1 is 1.33 bits per heavy atom. The minimum absolute atomic E-state index is 0.163. The number of hydrogen-bond donors (Lipinski definition) is 0. The molecule has 0 aromatic heterocycles. The molecule has 0 aliphatic heterocycles. The van der Waals surface area contributed by atoms with Crippen molar-refractivity contribution in [1.82, 2.24) is 0 Å². The van der Waals surface area contributed by atoms with E-state index in [0.717, 1.165) is 18.4 Å². The average molecular weight is 204 g/mol. The molecule has 15 heavy (non-hydrogen) atoms. The van der Waals surface area contributed by atoms with E-state index in [1.807, 2.05) is 37.3 Å². The molecule has 2 heteroatoms. The van der Waals surface area contributed by atoms with Crippen LogP contribution in [0.15, 0.2) is 36.6 Å². The maximum atomic E-state index is 11.1.